The van der Waals surface area contributed by atoms with Gasteiger partial charge in [0.05, 0.1) is 16.5 Å². The van der Waals surface area contributed by atoms with Crippen molar-refractivity contribution in [1.82, 2.24) is 4.90 Å². The van der Waals surface area contributed by atoms with Gasteiger partial charge in [-0.05, 0) is 59.8 Å². The number of thiophene rings is 1. The minimum atomic E-state index is -1.02. The van der Waals surface area contributed by atoms with E-state index in [2.05, 4.69) is 0 Å². The molecule has 0 spiro atoms. The van der Waals surface area contributed by atoms with Gasteiger partial charge in [-0.1, -0.05) is 42.5 Å². The van der Waals surface area contributed by atoms with E-state index in [0.717, 1.165) is 15.6 Å². The monoisotopic (exact) mass is 433 g/mol. The molecule has 0 aliphatic heterocycles. The average molecular weight is 434 g/mol. The molecule has 0 saturated heterocycles. The fourth-order valence-corrected chi connectivity index (χ4v) is 4.55. The quantitative estimate of drug-likeness (QED) is 0.397. The second-order valence-electron chi connectivity index (χ2n) is 7.31. The van der Waals surface area contributed by atoms with Crippen LogP contribution in [0.4, 0.5) is 4.39 Å². The van der Waals surface area contributed by atoms with Gasteiger partial charge in [0, 0.05) is 11.2 Å². The first kappa shape index (κ1) is 20.8. The van der Waals surface area contributed by atoms with Gasteiger partial charge in [0.15, 0.2) is 0 Å². The molecule has 0 radical (unpaired) electrons. The molecule has 0 aliphatic rings. The first-order valence-corrected chi connectivity index (χ1v) is 10.6. The highest BCUT2D eigenvalue weighted by molar-refractivity contribution is 7.20. The van der Waals surface area contributed by atoms with Crippen molar-refractivity contribution in [1.29, 1.82) is 0 Å². The molecule has 0 unspecified atom stereocenters. The van der Waals surface area contributed by atoms with Crippen molar-refractivity contribution < 1.29 is 19.1 Å². The van der Waals surface area contributed by atoms with Crippen LogP contribution in [-0.2, 0) is 6.54 Å². The molecule has 4 rings (SSSR count). The Morgan fingerprint density at radius 2 is 1.74 bits per heavy atom. The summed E-state index contributed by atoms with van der Waals surface area (Å²) in [6, 6.07) is 22.0. The topological polar surface area (TPSA) is 57.6 Å². The van der Waals surface area contributed by atoms with Gasteiger partial charge in [-0.3, -0.25) is 4.79 Å². The number of carboxylic acid groups (broad SMARTS) is 1. The number of fused-ring (bicyclic) bond motifs is 1. The smallest absolute Gasteiger partial charge is 0.335 e. The molecule has 0 fully saturated rings. The van der Waals surface area contributed by atoms with Crippen LogP contribution in [0.2, 0.25) is 0 Å². The van der Waals surface area contributed by atoms with Crippen molar-refractivity contribution >= 4 is 33.3 Å². The second kappa shape index (κ2) is 8.70. The first-order chi connectivity index (χ1) is 14.9. The Balaban J connectivity index is 1.72. The first-order valence-electron chi connectivity index (χ1n) is 9.79. The summed E-state index contributed by atoms with van der Waals surface area (Å²) in [5.41, 5.74) is 1.68. The highest BCUT2D eigenvalue weighted by Gasteiger charge is 2.25. The Bertz CT molecular complexity index is 1220. The van der Waals surface area contributed by atoms with Gasteiger partial charge in [0.2, 0.25) is 0 Å². The Hall–Kier alpha value is -3.51. The molecule has 1 atom stereocenters. The van der Waals surface area contributed by atoms with E-state index in [1.807, 2.05) is 37.3 Å². The number of rotatable bonds is 6. The van der Waals surface area contributed by atoms with Gasteiger partial charge in [0.1, 0.15) is 5.82 Å². The van der Waals surface area contributed by atoms with E-state index in [1.54, 1.807) is 35.2 Å². The molecule has 1 N–H and O–H groups in total. The molecule has 4 nitrogen and oxygen atoms in total. The van der Waals surface area contributed by atoms with Crippen molar-refractivity contribution in [3.8, 4) is 0 Å². The lowest BCUT2D eigenvalue weighted by Crippen LogP contribution is -2.32. The summed E-state index contributed by atoms with van der Waals surface area (Å²) in [5, 5.41) is 10.3. The van der Waals surface area contributed by atoms with Crippen LogP contribution in [0, 0.1) is 5.82 Å². The lowest BCUT2D eigenvalue weighted by Gasteiger charge is -2.29. The maximum Gasteiger partial charge on any atom is 0.335 e. The molecule has 1 aromatic heterocycles. The number of amides is 1. The van der Waals surface area contributed by atoms with Crippen molar-refractivity contribution in [3.05, 3.63) is 106 Å². The zero-order valence-corrected chi connectivity index (χ0v) is 17.6. The molecule has 0 bridgehead atoms. The number of hydrogen-bond donors (Lipinski definition) is 1. The Morgan fingerprint density at radius 3 is 2.45 bits per heavy atom. The van der Waals surface area contributed by atoms with E-state index in [9.17, 15) is 19.1 Å². The van der Waals surface area contributed by atoms with Crippen LogP contribution in [0.25, 0.3) is 10.1 Å². The van der Waals surface area contributed by atoms with Gasteiger partial charge >= 0.3 is 5.97 Å². The summed E-state index contributed by atoms with van der Waals surface area (Å²) in [6.07, 6.45) is 0. The molecule has 0 aliphatic carbocycles. The molecular weight excluding hydrogens is 413 g/mol. The largest absolute Gasteiger partial charge is 0.478 e. The van der Waals surface area contributed by atoms with Crippen LogP contribution in [-0.4, -0.2) is 21.9 Å². The van der Waals surface area contributed by atoms with Gasteiger partial charge in [-0.15, -0.1) is 11.3 Å². The van der Waals surface area contributed by atoms with Crippen LogP contribution in [0.15, 0.2) is 78.9 Å². The molecular formula is C25H20FNO3S. The SMILES string of the molecule is C[C@H](c1ccc(F)cc1)N(Cc1cccc(C(=O)O)c1)C(=O)c1cc2ccccc2s1. The summed E-state index contributed by atoms with van der Waals surface area (Å²) in [4.78, 5) is 27.2. The van der Waals surface area contributed by atoms with E-state index in [0.29, 0.717) is 10.4 Å². The summed E-state index contributed by atoms with van der Waals surface area (Å²) >= 11 is 1.42. The van der Waals surface area contributed by atoms with E-state index in [4.69, 9.17) is 0 Å². The van der Waals surface area contributed by atoms with Crippen LogP contribution in [0.3, 0.4) is 0 Å². The van der Waals surface area contributed by atoms with E-state index >= 15 is 0 Å². The van der Waals surface area contributed by atoms with Crippen molar-refractivity contribution in [2.24, 2.45) is 0 Å². The number of halogens is 1. The zero-order chi connectivity index (χ0) is 22.0. The number of carbonyl (C=O) groups is 2. The fraction of sp³-hybridized carbons (Fsp3) is 0.120. The summed E-state index contributed by atoms with van der Waals surface area (Å²) in [6.45, 7) is 2.12. The van der Waals surface area contributed by atoms with Gasteiger partial charge < -0.3 is 10.0 Å². The predicted molar refractivity (Wildman–Crippen MR) is 120 cm³/mol. The number of carboxylic acids is 1. The number of aromatic carboxylic acids is 1. The molecule has 4 aromatic rings. The molecule has 6 heteroatoms. The Labute approximate surface area is 183 Å². The molecule has 0 saturated carbocycles. The van der Waals surface area contributed by atoms with E-state index in [-0.39, 0.29) is 29.9 Å². The lowest BCUT2D eigenvalue weighted by atomic mass is 10.0. The van der Waals surface area contributed by atoms with Crippen LogP contribution in [0.1, 0.15) is 44.1 Å². The highest BCUT2D eigenvalue weighted by atomic mass is 32.1. The third-order valence-electron chi connectivity index (χ3n) is 5.24. The Morgan fingerprint density at radius 1 is 1.00 bits per heavy atom. The van der Waals surface area contributed by atoms with E-state index in [1.165, 1.54) is 29.5 Å². The lowest BCUT2D eigenvalue weighted by molar-refractivity contribution is 0.0679. The van der Waals surface area contributed by atoms with Crippen molar-refractivity contribution in [2.75, 3.05) is 0 Å². The average Bonchev–Trinajstić information content (AvgIpc) is 3.21. The van der Waals surface area contributed by atoms with Gasteiger partial charge in [-0.2, -0.15) is 0 Å². The standard InChI is InChI=1S/C25H20FNO3S/c1-16(18-9-11-21(26)12-10-18)27(15-17-5-4-7-20(13-17)25(29)30)24(28)23-14-19-6-2-3-8-22(19)31-23/h2-14,16H,15H2,1H3,(H,29,30)/t16-/m1/s1. The van der Waals surface area contributed by atoms with Gasteiger partial charge in [-0.25, -0.2) is 9.18 Å². The third kappa shape index (κ3) is 4.49. The zero-order valence-electron chi connectivity index (χ0n) is 16.8. The fourth-order valence-electron chi connectivity index (χ4n) is 3.53. The summed E-state index contributed by atoms with van der Waals surface area (Å²) < 4.78 is 14.4. The normalized spacial score (nSPS) is 11.9. The number of hydrogen-bond acceptors (Lipinski definition) is 3. The number of nitrogens with zero attached hydrogens (tertiary/aromatic N) is 1. The third-order valence-corrected chi connectivity index (χ3v) is 6.35. The minimum Gasteiger partial charge on any atom is -0.478 e. The van der Waals surface area contributed by atoms with Gasteiger partial charge in [0.25, 0.3) is 5.91 Å². The molecule has 156 valence electrons. The maximum atomic E-state index is 13.6. The Kier molecular flexibility index (Phi) is 5.82. The highest BCUT2D eigenvalue weighted by Crippen LogP contribution is 2.30. The van der Waals surface area contributed by atoms with E-state index < -0.39 is 5.97 Å². The molecule has 1 heterocycles. The summed E-state index contributed by atoms with van der Waals surface area (Å²) in [7, 11) is 0. The predicted octanol–water partition coefficient (Wildman–Crippen LogP) is 6.14. The van der Waals surface area contributed by atoms with Crippen LogP contribution in [0.5, 0.6) is 0 Å². The number of benzene rings is 3. The van der Waals surface area contributed by atoms with Crippen molar-refractivity contribution in [2.45, 2.75) is 19.5 Å². The maximum absolute atomic E-state index is 13.6. The molecule has 3 aromatic carbocycles. The second-order valence-corrected chi connectivity index (χ2v) is 8.40. The molecule has 1 amide bonds. The number of carbonyl (C=O) groups excluding carboxylic acids is 1. The molecule has 31 heavy (non-hydrogen) atoms. The summed E-state index contributed by atoms with van der Waals surface area (Å²) in [5.74, 6) is -1.51. The van der Waals surface area contributed by atoms with Crippen LogP contribution >= 0.6 is 11.3 Å². The van der Waals surface area contributed by atoms with Crippen molar-refractivity contribution in [3.63, 3.8) is 0 Å². The van der Waals surface area contributed by atoms with Crippen LogP contribution < -0.4 is 0 Å². The minimum absolute atomic E-state index is 0.154.